The Kier molecular flexibility index (Phi) is 7.62. The molecule has 0 atom stereocenters. The van der Waals surface area contributed by atoms with Crippen LogP contribution in [0.5, 0.6) is 5.75 Å². The lowest BCUT2D eigenvalue weighted by Crippen LogP contribution is -2.40. The van der Waals surface area contributed by atoms with Crippen molar-refractivity contribution in [3.63, 3.8) is 0 Å². The Morgan fingerprint density at radius 3 is 2.49 bits per heavy atom. The van der Waals surface area contributed by atoms with Crippen molar-refractivity contribution in [3.8, 4) is 5.75 Å². The molecule has 1 aliphatic rings. The van der Waals surface area contributed by atoms with Crippen molar-refractivity contribution >= 4 is 33.4 Å². The van der Waals surface area contributed by atoms with Crippen molar-refractivity contribution in [2.75, 3.05) is 33.4 Å². The SMILES string of the molecule is COc1cccc(CNC(=O)c2cc3c(=O)n(Cc4ccc(C(=O)N5CCOCC5)cc4)c(=O)n(C)c3s2)c1. The van der Waals surface area contributed by atoms with E-state index in [-0.39, 0.29) is 24.9 Å². The van der Waals surface area contributed by atoms with Gasteiger partial charge in [-0.05, 0) is 41.5 Å². The fraction of sp³-hybridized carbons (Fsp3) is 0.286. The Labute approximate surface area is 228 Å². The summed E-state index contributed by atoms with van der Waals surface area (Å²) < 4.78 is 13.1. The Morgan fingerprint density at radius 1 is 1.03 bits per heavy atom. The molecule has 1 N–H and O–H groups in total. The molecule has 0 bridgehead atoms. The van der Waals surface area contributed by atoms with Crippen LogP contribution in [-0.2, 0) is 24.9 Å². The molecule has 0 saturated carbocycles. The summed E-state index contributed by atoms with van der Waals surface area (Å²) in [4.78, 5) is 54.5. The normalized spacial score (nSPS) is 13.4. The number of carbonyl (C=O) groups excluding carboxylic acids is 2. The first-order valence-corrected chi connectivity index (χ1v) is 13.3. The predicted octanol–water partition coefficient (Wildman–Crippen LogP) is 2.22. The van der Waals surface area contributed by atoms with Crippen molar-refractivity contribution in [1.82, 2.24) is 19.4 Å². The summed E-state index contributed by atoms with van der Waals surface area (Å²) in [6.07, 6.45) is 0. The molecule has 4 aromatic rings. The van der Waals surface area contributed by atoms with Crippen LogP contribution in [0.25, 0.3) is 10.2 Å². The summed E-state index contributed by atoms with van der Waals surface area (Å²) >= 11 is 1.10. The van der Waals surface area contributed by atoms with E-state index >= 15 is 0 Å². The molecule has 2 aromatic carbocycles. The number of methoxy groups -OCH3 is 1. The Bertz CT molecular complexity index is 1650. The molecule has 202 valence electrons. The Hall–Kier alpha value is -4.22. The van der Waals surface area contributed by atoms with Gasteiger partial charge >= 0.3 is 5.69 Å². The molecule has 5 rings (SSSR count). The highest BCUT2D eigenvalue weighted by Gasteiger charge is 2.20. The summed E-state index contributed by atoms with van der Waals surface area (Å²) in [6.45, 7) is 2.47. The molecule has 39 heavy (non-hydrogen) atoms. The van der Waals surface area contributed by atoms with Crippen LogP contribution in [0, 0.1) is 0 Å². The average molecular weight is 549 g/mol. The molecule has 0 radical (unpaired) electrons. The predicted molar refractivity (Wildman–Crippen MR) is 148 cm³/mol. The molecule has 1 aliphatic heterocycles. The van der Waals surface area contributed by atoms with Crippen molar-refractivity contribution in [2.24, 2.45) is 7.05 Å². The molecule has 0 spiro atoms. The third-order valence-electron chi connectivity index (χ3n) is 6.66. The highest BCUT2D eigenvalue weighted by Crippen LogP contribution is 2.22. The lowest BCUT2D eigenvalue weighted by molar-refractivity contribution is 0.0303. The number of nitrogens with one attached hydrogen (secondary N) is 1. The van der Waals surface area contributed by atoms with E-state index in [1.54, 1.807) is 43.3 Å². The highest BCUT2D eigenvalue weighted by molar-refractivity contribution is 7.20. The van der Waals surface area contributed by atoms with Crippen molar-refractivity contribution in [1.29, 1.82) is 0 Å². The van der Waals surface area contributed by atoms with Crippen LogP contribution in [0.15, 0.2) is 64.2 Å². The molecule has 2 aromatic heterocycles. The highest BCUT2D eigenvalue weighted by atomic mass is 32.1. The number of thiophene rings is 1. The van der Waals surface area contributed by atoms with Crippen molar-refractivity contribution in [2.45, 2.75) is 13.1 Å². The molecular weight excluding hydrogens is 520 g/mol. The molecule has 11 heteroatoms. The molecule has 3 heterocycles. The zero-order chi connectivity index (χ0) is 27.5. The van der Waals surface area contributed by atoms with Gasteiger partial charge in [0.1, 0.15) is 10.6 Å². The van der Waals surface area contributed by atoms with E-state index in [2.05, 4.69) is 5.32 Å². The number of fused-ring (bicyclic) bond motifs is 1. The minimum Gasteiger partial charge on any atom is -0.497 e. The van der Waals surface area contributed by atoms with Crippen LogP contribution in [0.2, 0.25) is 0 Å². The van der Waals surface area contributed by atoms with Crippen molar-refractivity contribution in [3.05, 3.63) is 97.0 Å². The number of aryl methyl sites for hydroxylation is 1. The Balaban J connectivity index is 1.35. The summed E-state index contributed by atoms with van der Waals surface area (Å²) in [5, 5.41) is 3.15. The summed E-state index contributed by atoms with van der Waals surface area (Å²) in [5.41, 5.74) is 1.17. The van der Waals surface area contributed by atoms with Crippen molar-refractivity contribution < 1.29 is 19.1 Å². The largest absolute Gasteiger partial charge is 0.497 e. The summed E-state index contributed by atoms with van der Waals surface area (Å²) in [6, 6.07) is 15.8. The number of rotatable bonds is 7. The van der Waals surface area contributed by atoms with Gasteiger partial charge in [-0.1, -0.05) is 24.3 Å². The van der Waals surface area contributed by atoms with E-state index in [0.717, 1.165) is 21.5 Å². The summed E-state index contributed by atoms with van der Waals surface area (Å²) in [5.74, 6) is 0.283. The second-order valence-electron chi connectivity index (χ2n) is 9.20. The number of hydrogen-bond acceptors (Lipinski definition) is 7. The van der Waals surface area contributed by atoms with Gasteiger partial charge in [-0.3, -0.25) is 23.5 Å². The second-order valence-corrected chi connectivity index (χ2v) is 10.2. The van der Waals surface area contributed by atoms with Gasteiger partial charge in [-0.2, -0.15) is 0 Å². The number of hydrogen-bond donors (Lipinski definition) is 1. The standard InChI is InChI=1S/C28H28N4O6S/c1-30-27-22(15-23(39-27)24(33)29-16-19-4-3-5-21(14-19)37-2)26(35)32(28(30)36)17-18-6-8-20(9-7-18)25(34)31-10-12-38-13-11-31/h3-9,14-15H,10-13,16-17H2,1-2H3,(H,29,33). The number of benzene rings is 2. The molecule has 1 saturated heterocycles. The lowest BCUT2D eigenvalue weighted by atomic mass is 10.1. The monoisotopic (exact) mass is 548 g/mol. The fourth-order valence-electron chi connectivity index (χ4n) is 4.47. The van der Waals surface area contributed by atoms with Gasteiger partial charge in [0.15, 0.2) is 0 Å². The maximum Gasteiger partial charge on any atom is 0.332 e. The minimum absolute atomic E-state index is 0.0423. The van der Waals surface area contributed by atoms with Crippen LogP contribution < -0.4 is 21.3 Å². The zero-order valence-corrected chi connectivity index (χ0v) is 22.5. The molecule has 2 amide bonds. The van der Waals surface area contributed by atoms with Gasteiger partial charge in [0.25, 0.3) is 17.4 Å². The van der Waals surface area contributed by atoms with Gasteiger partial charge in [-0.15, -0.1) is 11.3 Å². The molecule has 0 unspecified atom stereocenters. The average Bonchev–Trinajstić information content (AvgIpc) is 3.44. The van der Waals surface area contributed by atoms with E-state index in [1.807, 2.05) is 24.3 Å². The first kappa shape index (κ1) is 26.4. The van der Waals surface area contributed by atoms with E-state index in [9.17, 15) is 19.2 Å². The first-order chi connectivity index (χ1) is 18.9. The first-order valence-electron chi connectivity index (χ1n) is 12.5. The zero-order valence-electron chi connectivity index (χ0n) is 21.6. The third kappa shape index (κ3) is 5.50. The maximum atomic E-state index is 13.3. The van der Waals surface area contributed by atoms with Crippen LogP contribution >= 0.6 is 11.3 Å². The lowest BCUT2D eigenvalue weighted by Gasteiger charge is -2.26. The van der Waals surface area contributed by atoms with E-state index in [4.69, 9.17) is 9.47 Å². The van der Waals surface area contributed by atoms with Gasteiger partial charge in [0.2, 0.25) is 0 Å². The fourth-order valence-corrected chi connectivity index (χ4v) is 5.49. The smallest absolute Gasteiger partial charge is 0.332 e. The maximum absolute atomic E-state index is 13.3. The topological polar surface area (TPSA) is 112 Å². The van der Waals surface area contributed by atoms with Gasteiger partial charge in [0.05, 0.1) is 37.1 Å². The molecule has 1 fully saturated rings. The van der Waals surface area contributed by atoms with Crippen LogP contribution in [0.1, 0.15) is 31.2 Å². The number of carbonyl (C=O) groups is 2. The number of aromatic nitrogens is 2. The minimum atomic E-state index is -0.480. The quantitative estimate of drug-likeness (QED) is 0.379. The van der Waals surface area contributed by atoms with E-state index in [1.165, 1.54) is 10.6 Å². The number of amides is 2. The second kappa shape index (κ2) is 11.3. The van der Waals surface area contributed by atoms with Gasteiger partial charge < -0.3 is 19.7 Å². The van der Waals surface area contributed by atoms with Crippen LogP contribution in [0.4, 0.5) is 0 Å². The van der Waals surface area contributed by atoms with Crippen LogP contribution in [-0.4, -0.2) is 59.3 Å². The van der Waals surface area contributed by atoms with E-state index in [0.29, 0.717) is 58.3 Å². The molecule has 10 nitrogen and oxygen atoms in total. The Morgan fingerprint density at radius 2 is 1.77 bits per heavy atom. The summed E-state index contributed by atoms with van der Waals surface area (Å²) in [7, 11) is 3.16. The number of nitrogens with zero attached hydrogens (tertiary/aromatic N) is 3. The number of ether oxygens (including phenoxy) is 2. The van der Waals surface area contributed by atoms with Gasteiger partial charge in [0, 0.05) is 32.2 Å². The number of morpholine rings is 1. The molecule has 0 aliphatic carbocycles. The van der Waals surface area contributed by atoms with E-state index < -0.39 is 11.2 Å². The van der Waals surface area contributed by atoms with Gasteiger partial charge in [-0.25, -0.2) is 4.79 Å². The third-order valence-corrected chi connectivity index (χ3v) is 7.87. The molecular formula is C28H28N4O6S. The van der Waals surface area contributed by atoms with Crippen LogP contribution in [0.3, 0.4) is 0 Å².